The number of carbonyl (C=O) groups excluding carboxylic acids is 3. The third kappa shape index (κ3) is 56.3. The molecule has 0 aromatic carbocycles. The molecule has 71 heavy (non-hydrogen) atoms. The zero-order valence-corrected chi connectivity index (χ0v) is 45.7. The monoisotopic (exact) mass is 981 g/mol. The van der Waals surface area contributed by atoms with Crippen molar-refractivity contribution < 1.29 is 28.6 Å². The van der Waals surface area contributed by atoms with E-state index >= 15 is 0 Å². The van der Waals surface area contributed by atoms with Crippen LogP contribution in [0.25, 0.3) is 0 Å². The molecule has 0 spiro atoms. The van der Waals surface area contributed by atoms with Gasteiger partial charge >= 0.3 is 17.9 Å². The molecule has 0 unspecified atom stereocenters. The van der Waals surface area contributed by atoms with E-state index < -0.39 is 6.10 Å². The average molecular weight is 982 g/mol. The third-order valence-corrected chi connectivity index (χ3v) is 11.6. The van der Waals surface area contributed by atoms with E-state index in [0.717, 1.165) is 116 Å². The molecule has 400 valence electrons. The van der Waals surface area contributed by atoms with Gasteiger partial charge in [-0.2, -0.15) is 0 Å². The zero-order chi connectivity index (χ0) is 51.4. The summed E-state index contributed by atoms with van der Waals surface area (Å²) in [5.74, 6) is -1.04. The summed E-state index contributed by atoms with van der Waals surface area (Å²) in [6, 6.07) is 0. The second-order valence-corrected chi connectivity index (χ2v) is 18.4. The van der Waals surface area contributed by atoms with Crippen molar-refractivity contribution in [2.75, 3.05) is 13.2 Å². The Hall–Kier alpha value is -4.45. The molecule has 0 radical (unpaired) electrons. The quantitative estimate of drug-likeness (QED) is 0.0262. The van der Waals surface area contributed by atoms with Gasteiger partial charge in [0.15, 0.2) is 6.10 Å². The summed E-state index contributed by atoms with van der Waals surface area (Å²) < 4.78 is 16.8. The lowest BCUT2D eigenvalue weighted by molar-refractivity contribution is -0.166. The Morgan fingerprint density at radius 2 is 0.577 bits per heavy atom. The first kappa shape index (κ1) is 66.6. The molecule has 0 aromatic rings. The van der Waals surface area contributed by atoms with Gasteiger partial charge in [-0.25, -0.2) is 0 Å². The lowest BCUT2D eigenvalue weighted by atomic mass is 10.1. The molecular formula is C65H104O6. The molecule has 0 amide bonds. The number of ether oxygens (including phenoxy) is 3. The molecule has 0 saturated carbocycles. The third-order valence-electron chi connectivity index (χ3n) is 11.6. The normalized spacial score (nSPS) is 13.1. The fourth-order valence-electron chi connectivity index (χ4n) is 7.39. The van der Waals surface area contributed by atoms with E-state index in [9.17, 15) is 14.4 Å². The van der Waals surface area contributed by atoms with Crippen LogP contribution in [-0.4, -0.2) is 37.2 Å². The molecule has 6 nitrogen and oxygen atoms in total. The van der Waals surface area contributed by atoms with Gasteiger partial charge in [0, 0.05) is 19.3 Å². The van der Waals surface area contributed by atoms with Crippen molar-refractivity contribution in [1.82, 2.24) is 0 Å². The van der Waals surface area contributed by atoms with Crippen molar-refractivity contribution in [2.24, 2.45) is 0 Å². The molecule has 0 heterocycles. The maximum absolute atomic E-state index is 12.9. The molecule has 0 bridgehead atoms. The molecule has 0 fully saturated rings. The Morgan fingerprint density at radius 3 is 0.958 bits per heavy atom. The lowest BCUT2D eigenvalue weighted by Gasteiger charge is -2.18. The minimum absolute atomic E-state index is 0.120. The minimum Gasteiger partial charge on any atom is -0.462 e. The Morgan fingerprint density at radius 1 is 0.296 bits per heavy atom. The van der Waals surface area contributed by atoms with Crippen molar-refractivity contribution in [3.63, 3.8) is 0 Å². The van der Waals surface area contributed by atoms with Crippen LogP contribution in [-0.2, 0) is 28.6 Å². The van der Waals surface area contributed by atoms with Gasteiger partial charge in [0.25, 0.3) is 0 Å². The molecule has 0 aliphatic heterocycles. The van der Waals surface area contributed by atoms with Gasteiger partial charge in [0.05, 0.1) is 0 Å². The van der Waals surface area contributed by atoms with Crippen molar-refractivity contribution in [2.45, 2.75) is 245 Å². The average Bonchev–Trinajstić information content (AvgIpc) is 3.37. The number of hydrogen-bond acceptors (Lipinski definition) is 6. The van der Waals surface area contributed by atoms with Gasteiger partial charge in [0.1, 0.15) is 13.2 Å². The topological polar surface area (TPSA) is 78.9 Å². The summed E-state index contributed by atoms with van der Waals surface area (Å²) in [6.07, 6.45) is 81.6. The van der Waals surface area contributed by atoms with E-state index in [1.165, 1.54) is 77.0 Å². The Labute approximate surface area is 436 Å². The van der Waals surface area contributed by atoms with E-state index in [4.69, 9.17) is 14.2 Å². The number of rotatable bonds is 50. The molecule has 0 N–H and O–H groups in total. The van der Waals surface area contributed by atoms with Gasteiger partial charge in [0.2, 0.25) is 0 Å². The van der Waals surface area contributed by atoms with Gasteiger partial charge in [-0.05, 0) is 122 Å². The number of unbranched alkanes of at least 4 members (excludes halogenated alkanes) is 17. The van der Waals surface area contributed by atoms with Crippen LogP contribution in [0.4, 0.5) is 0 Å². The number of hydrogen-bond donors (Lipinski definition) is 0. The molecule has 0 rings (SSSR count). The highest BCUT2D eigenvalue weighted by molar-refractivity contribution is 5.71. The van der Waals surface area contributed by atoms with Crippen molar-refractivity contribution >= 4 is 17.9 Å². The van der Waals surface area contributed by atoms with Crippen LogP contribution in [0.3, 0.4) is 0 Å². The van der Waals surface area contributed by atoms with Crippen LogP contribution in [0.1, 0.15) is 239 Å². The second-order valence-electron chi connectivity index (χ2n) is 18.4. The predicted octanol–water partition coefficient (Wildman–Crippen LogP) is 19.4. The lowest BCUT2D eigenvalue weighted by Crippen LogP contribution is -2.30. The van der Waals surface area contributed by atoms with Gasteiger partial charge in [-0.1, -0.05) is 231 Å². The summed E-state index contributed by atoms with van der Waals surface area (Å²) in [7, 11) is 0. The molecule has 0 aromatic heterocycles. The van der Waals surface area contributed by atoms with Crippen LogP contribution in [0.5, 0.6) is 0 Å². The summed E-state index contributed by atoms with van der Waals surface area (Å²) in [6.45, 7) is 6.31. The first-order valence-electron chi connectivity index (χ1n) is 28.7. The first-order valence-corrected chi connectivity index (χ1v) is 28.7. The maximum Gasteiger partial charge on any atom is 0.306 e. The minimum atomic E-state index is -0.827. The number of esters is 3. The molecule has 0 aliphatic rings. The SMILES string of the molecule is CC/C=C\C/C=C\C/C=C\C/C=C\C/C=C\C/C=C\CCC(=O)OC[C@H](COC(=O)CCCCCC/C=C\C/C=C\C/C=C\C/C=C\CC)OC(=O)CCCCCCCCC/C=C\CCCCCCCC. The highest BCUT2D eigenvalue weighted by Gasteiger charge is 2.19. The summed E-state index contributed by atoms with van der Waals surface area (Å²) in [5.41, 5.74) is 0. The molecule has 1 atom stereocenters. The van der Waals surface area contributed by atoms with Crippen LogP contribution < -0.4 is 0 Å². The van der Waals surface area contributed by atoms with Crippen LogP contribution in [0.2, 0.25) is 0 Å². The number of allylic oxidation sites excluding steroid dienone is 22. The fourth-order valence-corrected chi connectivity index (χ4v) is 7.39. The highest BCUT2D eigenvalue weighted by atomic mass is 16.6. The van der Waals surface area contributed by atoms with Crippen molar-refractivity contribution in [3.05, 3.63) is 134 Å². The van der Waals surface area contributed by atoms with Crippen LogP contribution in [0.15, 0.2) is 134 Å². The fraction of sp³-hybridized carbons (Fsp3) is 0.615. The molecule has 0 saturated heterocycles. The Bertz CT molecular complexity index is 1550. The molecular weight excluding hydrogens is 877 g/mol. The van der Waals surface area contributed by atoms with Gasteiger partial charge < -0.3 is 14.2 Å². The Kier molecular flexibility index (Phi) is 54.5. The molecule has 0 aliphatic carbocycles. The van der Waals surface area contributed by atoms with E-state index in [0.29, 0.717) is 19.3 Å². The largest absolute Gasteiger partial charge is 0.462 e. The summed E-state index contributed by atoms with van der Waals surface area (Å²) in [5, 5.41) is 0. The standard InChI is InChI=1S/C65H104O6/c1-4-7-10-13-16-19-22-25-28-31-32-35-37-40-43-46-49-52-55-58-64(67)70-61-62(71-65(68)59-56-53-50-47-44-41-38-34-30-27-24-21-18-15-12-9-6-3)60-69-63(66)57-54-51-48-45-42-39-36-33-29-26-23-20-17-14-11-8-5-2/h7-8,10-11,16-17,19-20,25-30,32,35-36,39-40,43,49,52,62H,4-6,9,12-15,18,21-24,31,33-34,37-38,41-42,44-48,50-51,53-61H2,1-3H3/b10-7-,11-8-,19-16-,20-17-,28-25-,29-26-,30-27-,35-32-,39-36-,43-40-,52-49-/t62-/m0/s1. The predicted molar refractivity (Wildman–Crippen MR) is 306 cm³/mol. The van der Waals surface area contributed by atoms with E-state index in [-0.39, 0.29) is 37.5 Å². The second kappa shape index (κ2) is 58.1. The highest BCUT2D eigenvalue weighted by Crippen LogP contribution is 2.13. The van der Waals surface area contributed by atoms with E-state index in [2.05, 4.69) is 148 Å². The zero-order valence-electron chi connectivity index (χ0n) is 45.7. The summed E-state index contributed by atoms with van der Waals surface area (Å²) in [4.78, 5) is 38.2. The maximum atomic E-state index is 12.9. The molecule has 6 heteroatoms. The number of carbonyl (C=O) groups is 3. The summed E-state index contributed by atoms with van der Waals surface area (Å²) >= 11 is 0. The van der Waals surface area contributed by atoms with E-state index in [1.54, 1.807) is 0 Å². The first-order chi connectivity index (χ1) is 35.0. The Balaban J connectivity index is 4.57. The van der Waals surface area contributed by atoms with E-state index in [1.807, 2.05) is 6.08 Å². The van der Waals surface area contributed by atoms with Gasteiger partial charge in [-0.3, -0.25) is 14.4 Å². The van der Waals surface area contributed by atoms with Crippen LogP contribution >= 0.6 is 0 Å². The smallest absolute Gasteiger partial charge is 0.306 e. The van der Waals surface area contributed by atoms with Gasteiger partial charge in [-0.15, -0.1) is 0 Å². The van der Waals surface area contributed by atoms with Crippen molar-refractivity contribution in [3.8, 4) is 0 Å². The van der Waals surface area contributed by atoms with Crippen molar-refractivity contribution in [1.29, 1.82) is 0 Å². The van der Waals surface area contributed by atoms with Crippen LogP contribution in [0, 0.1) is 0 Å².